The number of rotatable bonds is 4. The molecular weight excluding hydrogens is 318 g/mol. The fourth-order valence-corrected chi connectivity index (χ4v) is 2.65. The quantitative estimate of drug-likeness (QED) is 0.683. The zero-order valence-electron chi connectivity index (χ0n) is 12.7. The van der Waals surface area contributed by atoms with E-state index in [1.807, 2.05) is 6.92 Å². The van der Waals surface area contributed by atoms with Crippen LogP contribution in [-0.4, -0.2) is 37.3 Å². The van der Waals surface area contributed by atoms with Gasteiger partial charge in [0.05, 0.1) is 46.7 Å². The van der Waals surface area contributed by atoms with Crippen LogP contribution >= 0.6 is 11.6 Å². The van der Waals surface area contributed by atoms with Gasteiger partial charge in [-0.05, 0) is 13.8 Å². The molecule has 0 saturated heterocycles. The van der Waals surface area contributed by atoms with Gasteiger partial charge in [-0.1, -0.05) is 11.6 Å². The zero-order valence-corrected chi connectivity index (χ0v) is 13.4. The Kier molecular flexibility index (Phi) is 4.20. The number of aryl methyl sites for hydroxylation is 1. The van der Waals surface area contributed by atoms with E-state index >= 15 is 0 Å². The molecule has 8 heteroatoms. The van der Waals surface area contributed by atoms with Crippen LogP contribution in [0.5, 0.6) is 0 Å². The molecule has 3 aromatic rings. The zero-order chi connectivity index (χ0) is 16.4. The minimum absolute atomic E-state index is 0.239. The van der Waals surface area contributed by atoms with Crippen molar-refractivity contribution in [2.75, 3.05) is 6.61 Å². The molecule has 118 valence electrons. The number of halogens is 1. The number of fused-ring (bicyclic) bond motifs is 1. The fourth-order valence-electron chi connectivity index (χ4n) is 2.30. The number of ether oxygens (including phenoxy) is 1. The molecule has 0 bridgehead atoms. The number of nitrogens with zero attached hydrogens (tertiary/aromatic N) is 5. The van der Waals surface area contributed by atoms with E-state index in [-0.39, 0.29) is 12.2 Å². The van der Waals surface area contributed by atoms with Gasteiger partial charge in [-0.3, -0.25) is 9.97 Å². The Labute approximate surface area is 137 Å². The van der Waals surface area contributed by atoms with Gasteiger partial charge in [0.25, 0.3) is 0 Å². The first kappa shape index (κ1) is 15.4. The average molecular weight is 332 g/mol. The summed E-state index contributed by atoms with van der Waals surface area (Å²) < 4.78 is 6.68. The summed E-state index contributed by atoms with van der Waals surface area (Å²) in [6.07, 6.45) is 6.30. The maximum absolute atomic E-state index is 11.9. The van der Waals surface area contributed by atoms with Crippen molar-refractivity contribution in [2.24, 2.45) is 0 Å². The van der Waals surface area contributed by atoms with Gasteiger partial charge in [0.1, 0.15) is 0 Å². The molecule has 0 atom stereocenters. The molecule has 0 radical (unpaired) electrons. The standard InChI is InChI=1S/C15H14ClN5O2/c1-3-23-15(22)11-7-19-14-12(13(11)16)9(2)20-21(14)8-10-6-17-4-5-18-10/h4-7H,3,8H2,1-2H3. The van der Waals surface area contributed by atoms with Gasteiger partial charge in [0.2, 0.25) is 0 Å². The van der Waals surface area contributed by atoms with Gasteiger partial charge in [0, 0.05) is 18.6 Å². The van der Waals surface area contributed by atoms with E-state index in [0.29, 0.717) is 28.3 Å². The topological polar surface area (TPSA) is 82.8 Å². The van der Waals surface area contributed by atoms with Crippen molar-refractivity contribution in [3.63, 3.8) is 0 Å². The van der Waals surface area contributed by atoms with E-state index < -0.39 is 5.97 Å². The molecule has 7 nitrogen and oxygen atoms in total. The highest BCUT2D eigenvalue weighted by atomic mass is 35.5. The third-order valence-electron chi connectivity index (χ3n) is 3.30. The summed E-state index contributed by atoms with van der Waals surface area (Å²) in [5, 5.41) is 5.38. The minimum Gasteiger partial charge on any atom is -0.462 e. The third-order valence-corrected chi connectivity index (χ3v) is 3.69. The molecule has 3 aromatic heterocycles. The van der Waals surface area contributed by atoms with Crippen LogP contribution < -0.4 is 0 Å². The normalized spacial score (nSPS) is 10.9. The Morgan fingerprint density at radius 2 is 2.13 bits per heavy atom. The van der Waals surface area contributed by atoms with Gasteiger partial charge in [-0.25, -0.2) is 14.5 Å². The monoisotopic (exact) mass is 331 g/mol. The first-order valence-corrected chi connectivity index (χ1v) is 7.43. The van der Waals surface area contributed by atoms with Crippen molar-refractivity contribution >= 4 is 28.6 Å². The van der Waals surface area contributed by atoms with Crippen LogP contribution in [0.25, 0.3) is 11.0 Å². The molecule has 3 heterocycles. The van der Waals surface area contributed by atoms with E-state index in [2.05, 4.69) is 20.1 Å². The SMILES string of the molecule is CCOC(=O)c1cnc2c(c(C)nn2Cc2cnccn2)c1Cl. The Morgan fingerprint density at radius 1 is 1.30 bits per heavy atom. The van der Waals surface area contributed by atoms with Gasteiger partial charge in [-0.2, -0.15) is 5.10 Å². The highest BCUT2D eigenvalue weighted by molar-refractivity contribution is 6.38. The molecule has 0 unspecified atom stereocenters. The summed E-state index contributed by atoms with van der Waals surface area (Å²) in [6.45, 7) is 4.25. The lowest BCUT2D eigenvalue weighted by Gasteiger charge is -2.06. The highest BCUT2D eigenvalue weighted by Crippen LogP contribution is 2.29. The van der Waals surface area contributed by atoms with Gasteiger partial charge >= 0.3 is 5.97 Å². The molecule has 0 saturated carbocycles. The van der Waals surface area contributed by atoms with Crippen LogP contribution in [0.1, 0.15) is 28.7 Å². The molecule has 0 aromatic carbocycles. The lowest BCUT2D eigenvalue weighted by atomic mass is 10.2. The molecule has 0 amide bonds. The summed E-state index contributed by atoms with van der Waals surface area (Å²) in [4.78, 5) is 24.5. The summed E-state index contributed by atoms with van der Waals surface area (Å²) in [7, 11) is 0. The van der Waals surface area contributed by atoms with Crippen LogP contribution in [0.4, 0.5) is 0 Å². The van der Waals surface area contributed by atoms with Crippen molar-refractivity contribution < 1.29 is 9.53 Å². The largest absolute Gasteiger partial charge is 0.462 e. The van der Waals surface area contributed by atoms with Crippen LogP contribution in [0.3, 0.4) is 0 Å². The average Bonchev–Trinajstić information content (AvgIpc) is 2.85. The predicted molar refractivity (Wildman–Crippen MR) is 84.4 cm³/mol. The van der Waals surface area contributed by atoms with Crippen LogP contribution in [-0.2, 0) is 11.3 Å². The number of hydrogen-bond acceptors (Lipinski definition) is 6. The first-order chi connectivity index (χ1) is 11.1. The second kappa shape index (κ2) is 6.29. The summed E-state index contributed by atoms with van der Waals surface area (Å²) in [6, 6.07) is 0. The number of aromatic nitrogens is 5. The van der Waals surface area contributed by atoms with E-state index in [1.54, 1.807) is 30.2 Å². The van der Waals surface area contributed by atoms with Crippen molar-refractivity contribution in [1.29, 1.82) is 0 Å². The molecule has 3 rings (SSSR count). The maximum atomic E-state index is 11.9. The van der Waals surface area contributed by atoms with Gasteiger partial charge in [-0.15, -0.1) is 0 Å². The minimum atomic E-state index is -0.493. The van der Waals surface area contributed by atoms with Crippen molar-refractivity contribution in [1.82, 2.24) is 24.7 Å². The number of carbonyl (C=O) groups is 1. The van der Waals surface area contributed by atoms with E-state index in [0.717, 1.165) is 5.69 Å². The van der Waals surface area contributed by atoms with Crippen molar-refractivity contribution in [3.05, 3.63) is 46.8 Å². The summed E-state index contributed by atoms with van der Waals surface area (Å²) >= 11 is 6.37. The second-order valence-electron chi connectivity index (χ2n) is 4.84. The van der Waals surface area contributed by atoms with E-state index in [9.17, 15) is 4.79 Å². The fraction of sp³-hybridized carbons (Fsp3) is 0.267. The van der Waals surface area contributed by atoms with Crippen molar-refractivity contribution in [2.45, 2.75) is 20.4 Å². The Hall–Kier alpha value is -2.54. The second-order valence-corrected chi connectivity index (χ2v) is 5.22. The maximum Gasteiger partial charge on any atom is 0.341 e. The molecule has 0 N–H and O–H groups in total. The van der Waals surface area contributed by atoms with Gasteiger partial charge in [0.15, 0.2) is 5.65 Å². The Balaban J connectivity index is 2.06. The molecule has 0 aliphatic carbocycles. The molecule has 0 spiro atoms. The number of pyridine rings is 1. The van der Waals surface area contributed by atoms with Crippen LogP contribution in [0.15, 0.2) is 24.8 Å². The lowest BCUT2D eigenvalue weighted by Crippen LogP contribution is -2.08. The van der Waals surface area contributed by atoms with Gasteiger partial charge < -0.3 is 4.74 Å². The summed E-state index contributed by atoms with van der Waals surface area (Å²) in [5.74, 6) is -0.493. The first-order valence-electron chi connectivity index (χ1n) is 7.05. The molecule has 23 heavy (non-hydrogen) atoms. The van der Waals surface area contributed by atoms with Crippen LogP contribution in [0, 0.1) is 6.92 Å². The molecule has 0 aliphatic rings. The Bertz CT molecular complexity index is 863. The van der Waals surface area contributed by atoms with E-state index in [4.69, 9.17) is 16.3 Å². The molecule has 0 fully saturated rings. The number of hydrogen-bond donors (Lipinski definition) is 0. The third kappa shape index (κ3) is 2.87. The number of carbonyl (C=O) groups excluding carboxylic acids is 1. The van der Waals surface area contributed by atoms with Crippen LogP contribution in [0.2, 0.25) is 5.02 Å². The van der Waals surface area contributed by atoms with Crippen molar-refractivity contribution in [3.8, 4) is 0 Å². The van der Waals surface area contributed by atoms with E-state index in [1.165, 1.54) is 6.20 Å². The number of esters is 1. The highest BCUT2D eigenvalue weighted by Gasteiger charge is 2.20. The smallest absolute Gasteiger partial charge is 0.341 e. The molecule has 0 aliphatic heterocycles. The Morgan fingerprint density at radius 3 is 2.83 bits per heavy atom. The lowest BCUT2D eigenvalue weighted by molar-refractivity contribution is 0.0526. The summed E-state index contributed by atoms with van der Waals surface area (Å²) in [5.41, 5.74) is 2.27. The predicted octanol–water partition coefficient (Wildman–Crippen LogP) is 2.41. The molecular formula is C15H14ClN5O2.